The van der Waals surface area contributed by atoms with Crippen LogP contribution in [0.1, 0.15) is 30.1 Å². The molecule has 0 aliphatic heterocycles. The van der Waals surface area contributed by atoms with E-state index >= 15 is 0 Å². The van der Waals surface area contributed by atoms with Gasteiger partial charge in [-0.05, 0) is 48.5 Å². The van der Waals surface area contributed by atoms with Crippen LogP contribution >= 0.6 is 11.6 Å². The lowest BCUT2D eigenvalue weighted by molar-refractivity contribution is -0.147. The molecule has 2 rings (SSSR count). The largest absolute Gasteiger partial charge is 0.456 e. The van der Waals surface area contributed by atoms with Gasteiger partial charge in [-0.15, -0.1) is 0 Å². The summed E-state index contributed by atoms with van der Waals surface area (Å²) in [6, 6.07) is 12.8. The van der Waals surface area contributed by atoms with Crippen LogP contribution in [-0.4, -0.2) is 30.2 Å². The zero-order valence-electron chi connectivity index (χ0n) is 15.2. The van der Waals surface area contributed by atoms with Crippen molar-refractivity contribution in [2.75, 3.05) is 17.2 Å². The zero-order valence-corrected chi connectivity index (χ0v) is 15.9. The van der Waals surface area contributed by atoms with Crippen molar-refractivity contribution in [1.29, 1.82) is 0 Å². The number of hydrogen-bond donors (Lipinski definition) is 2. The van der Waals surface area contributed by atoms with Gasteiger partial charge in [0.1, 0.15) is 0 Å². The number of hydrogen-bond acceptors (Lipinski definition) is 5. The van der Waals surface area contributed by atoms with Gasteiger partial charge in [0, 0.05) is 35.3 Å². The Hall–Kier alpha value is -3.19. The van der Waals surface area contributed by atoms with Gasteiger partial charge in [0.15, 0.2) is 12.4 Å². The van der Waals surface area contributed by atoms with Crippen molar-refractivity contribution >= 4 is 46.5 Å². The first-order valence-corrected chi connectivity index (χ1v) is 8.83. The average Bonchev–Trinajstić information content (AvgIpc) is 2.66. The van der Waals surface area contributed by atoms with E-state index in [0.717, 1.165) is 0 Å². The summed E-state index contributed by atoms with van der Waals surface area (Å²) in [5, 5.41) is 5.69. The Bertz CT molecular complexity index is 863. The summed E-state index contributed by atoms with van der Waals surface area (Å²) in [5.74, 6) is -1.56. The summed E-state index contributed by atoms with van der Waals surface area (Å²) in [4.78, 5) is 46.5. The van der Waals surface area contributed by atoms with Crippen LogP contribution in [0.5, 0.6) is 0 Å². The summed E-state index contributed by atoms with van der Waals surface area (Å²) >= 11 is 5.76. The first kappa shape index (κ1) is 21.1. The van der Waals surface area contributed by atoms with Crippen molar-refractivity contribution in [2.45, 2.75) is 19.8 Å². The van der Waals surface area contributed by atoms with E-state index in [0.29, 0.717) is 22.0 Å². The molecule has 0 saturated heterocycles. The van der Waals surface area contributed by atoms with Gasteiger partial charge in [0.25, 0.3) is 5.91 Å². The van der Waals surface area contributed by atoms with Crippen molar-refractivity contribution in [3.63, 3.8) is 0 Å². The minimum atomic E-state index is -0.640. The van der Waals surface area contributed by atoms with E-state index < -0.39 is 18.5 Å². The molecule has 28 heavy (non-hydrogen) atoms. The number of ether oxygens (including phenoxy) is 1. The maximum absolute atomic E-state index is 12.0. The molecule has 0 bridgehead atoms. The van der Waals surface area contributed by atoms with Gasteiger partial charge in [-0.1, -0.05) is 11.6 Å². The predicted octanol–water partition coefficient (Wildman–Crippen LogP) is 3.44. The monoisotopic (exact) mass is 402 g/mol. The first-order chi connectivity index (χ1) is 13.3. The highest BCUT2D eigenvalue weighted by molar-refractivity contribution is 6.30. The summed E-state index contributed by atoms with van der Waals surface area (Å²) in [7, 11) is 0. The number of benzene rings is 2. The number of Topliss-reactive ketones (excluding diaryl/α,β-unsaturated/α-hetero) is 1. The van der Waals surface area contributed by atoms with Crippen LogP contribution in [0.2, 0.25) is 5.02 Å². The molecule has 0 aromatic heterocycles. The van der Waals surface area contributed by atoms with Gasteiger partial charge in [-0.3, -0.25) is 19.2 Å². The van der Waals surface area contributed by atoms with Crippen LogP contribution in [0.25, 0.3) is 0 Å². The average molecular weight is 403 g/mol. The van der Waals surface area contributed by atoms with E-state index in [1.54, 1.807) is 48.5 Å². The van der Waals surface area contributed by atoms with Gasteiger partial charge >= 0.3 is 5.97 Å². The minimum absolute atomic E-state index is 0.0211. The Kier molecular flexibility index (Phi) is 7.71. The van der Waals surface area contributed by atoms with E-state index in [-0.39, 0.29) is 24.5 Å². The molecule has 0 aliphatic rings. The normalized spacial score (nSPS) is 10.1. The Morgan fingerprint density at radius 2 is 1.43 bits per heavy atom. The van der Waals surface area contributed by atoms with Gasteiger partial charge < -0.3 is 15.4 Å². The Balaban J connectivity index is 1.71. The molecule has 0 radical (unpaired) electrons. The lowest BCUT2D eigenvalue weighted by Gasteiger charge is -2.08. The quantitative estimate of drug-likeness (QED) is 0.520. The van der Waals surface area contributed by atoms with Gasteiger partial charge in [0.2, 0.25) is 5.91 Å². The van der Waals surface area contributed by atoms with Crippen molar-refractivity contribution < 1.29 is 23.9 Å². The van der Waals surface area contributed by atoms with Gasteiger partial charge in [-0.25, -0.2) is 0 Å². The van der Waals surface area contributed by atoms with Crippen LogP contribution in [0.3, 0.4) is 0 Å². The number of rotatable bonds is 8. The number of carbonyl (C=O) groups is 4. The third-order valence-electron chi connectivity index (χ3n) is 3.58. The van der Waals surface area contributed by atoms with Crippen molar-refractivity contribution in [1.82, 2.24) is 0 Å². The molecule has 0 aliphatic carbocycles. The second-order valence-corrected chi connectivity index (χ2v) is 6.33. The molecule has 0 atom stereocenters. The van der Waals surface area contributed by atoms with E-state index in [9.17, 15) is 19.2 Å². The fourth-order valence-corrected chi connectivity index (χ4v) is 2.38. The van der Waals surface area contributed by atoms with Crippen molar-refractivity contribution in [2.24, 2.45) is 0 Å². The number of anilines is 2. The van der Waals surface area contributed by atoms with Crippen molar-refractivity contribution in [3.05, 3.63) is 59.1 Å². The molecule has 2 aromatic carbocycles. The highest BCUT2D eigenvalue weighted by atomic mass is 35.5. The van der Waals surface area contributed by atoms with Crippen LogP contribution in [0.15, 0.2) is 48.5 Å². The van der Waals surface area contributed by atoms with Crippen molar-refractivity contribution in [3.8, 4) is 0 Å². The molecule has 7 nitrogen and oxygen atoms in total. The molecule has 146 valence electrons. The summed E-state index contributed by atoms with van der Waals surface area (Å²) < 4.78 is 4.88. The van der Waals surface area contributed by atoms with E-state index in [1.807, 2.05) is 0 Å². The molecule has 8 heteroatoms. The molecule has 0 unspecified atom stereocenters. The highest BCUT2D eigenvalue weighted by Crippen LogP contribution is 2.14. The molecule has 2 N–H and O–H groups in total. The molecular formula is C20H19ClN2O5. The van der Waals surface area contributed by atoms with E-state index in [1.165, 1.54) is 6.92 Å². The Morgan fingerprint density at radius 1 is 0.857 bits per heavy atom. The maximum atomic E-state index is 12.0. The third-order valence-corrected chi connectivity index (χ3v) is 3.83. The minimum Gasteiger partial charge on any atom is -0.456 e. The summed E-state index contributed by atoms with van der Waals surface area (Å²) in [5.41, 5.74) is 1.55. The first-order valence-electron chi connectivity index (χ1n) is 8.45. The van der Waals surface area contributed by atoms with Crippen LogP contribution in [-0.2, 0) is 19.1 Å². The number of nitrogens with one attached hydrogen (secondary N) is 2. The smallest absolute Gasteiger partial charge is 0.306 e. The Morgan fingerprint density at radius 3 is 2.00 bits per heavy atom. The standard InChI is InChI=1S/C20H19ClN2O5/c1-13(24)22-16-6-8-17(9-7-16)23-19(26)12-28-20(27)11-10-18(25)14-2-4-15(21)5-3-14/h2-9H,10-12H2,1H3,(H,22,24)(H,23,26). The lowest BCUT2D eigenvalue weighted by Crippen LogP contribution is -2.21. The van der Waals surface area contributed by atoms with Crippen LogP contribution in [0.4, 0.5) is 11.4 Å². The highest BCUT2D eigenvalue weighted by Gasteiger charge is 2.12. The molecular weight excluding hydrogens is 384 g/mol. The van der Waals surface area contributed by atoms with Gasteiger partial charge in [-0.2, -0.15) is 0 Å². The third kappa shape index (κ3) is 7.20. The van der Waals surface area contributed by atoms with Crippen LogP contribution < -0.4 is 10.6 Å². The molecule has 0 fully saturated rings. The second-order valence-electron chi connectivity index (χ2n) is 5.90. The number of esters is 1. The molecule has 2 amide bonds. The fraction of sp³-hybridized carbons (Fsp3) is 0.200. The Labute approximate surface area is 167 Å². The van der Waals surface area contributed by atoms with E-state index in [2.05, 4.69) is 10.6 Å². The predicted molar refractivity (Wildman–Crippen MR) is 105 cm³/mol. The number of ketones is 1. The maximum Gasteiger partial charge on any atom is 0.306 e. The van der Waals surface area contributed by atoms with Gasteiger partial charge in [0.05, 0.1) is 6.42 Å². The SMILES string of the molecule is CC(=O)Nc1ccc(NC(=O)COC(=O)CCC(=O)c2ccc(Cl)cc2)cc1. The summed E-state index contributed by atoms with van der Waals surface area (Å²) in [6.07, 6.45) is -0.146. The fourth-order valence-electron chi connectivity index (χ4n) is 2.25. The topological polar surface area (TPSA) is 102 Å². The molecule has 0 saturated carbocycles. The lowest BCUT2D eigenvalue weighted by atomic mass is 10.1. The number of amides is 2. The van der Waals surface area contributed by atoms with E-state index in [4.69, 9.17) is 16.3 Å². The molecule has 2 aromatic rings. The second kappa shape index (κ2) is 10.2. The zero-order chi connectivity index (χ0) is 20.5. The number of halogens is 1. The molecule has 0 spiro atoms. The number of carbonyl (C=O) groups excluding carboxylic acids is 4. The molecule has 0 heterocycles. The van der Waals surface area contributed by atoms with Crippen LogP contribution in [0, 0.1) is 0 Å². The summed E-state index contributed by atoms with van der Waals surface area (Å²) in [6.45, 7) is 0.939.